The highest BCUT2D eigenvalue weighted by Crippen LogP contribution is 2.39. The number of benzene rings is 2. The van der Waals surface area contributed by atoms with E-state index >= 15 is 0 Å². The van der Waals surface area contributed by atoms with Crippen molar-refractivity contribution in [2.75, 3.05) is 11.9 Å². The maximum atomic E-state index is 13.1. The minimum absolute atomic E-state index is 0.152. The number of halogens is 6. The Kier molecular flexibility index (Phi) is 6.65. The second-order valence-corrected chi connectivity index (χ2v) is 6.95. The van der Waals surface area contributed by atoms with Gasteiger partial charge in [-0.2, -0.15) is 26.3 Å². The molecule has 164 valence electrons. The number of nitrogens with zero attached hydrogens (tertiary/aromatic N) is 1. The van der Waals surface area contributed by atoms with Crippen LogP contribution in [0.1, 0.15) is 30.4 Å². The quantitative estimate of drug-likeness (QED) is 0.341. The lowest BCUT2D eigenvalue weighted by Gasteiger charge is -2.31. The van der Waals surface area contributed by atoms with E-state index in [0.29, 0.717) is 24.6 Å². The second-order valence-electron chi connectivity index (χ2n) is 6.95. The van der Waals surface area contributed by atoms with E-state index in [9.17, 15) is 41.6 Å². The Morgan fingerprint density at radius 3 is 2.17 bits per heavy atom. The Balaban J connectivity index is 2.31. The third-order valence-corrected chi connectivity index (χ3v) is 4.58. The monoisotopic (exact) mass is 436 g/mol. The van der Waals surface area contributed by atoms with E-state index < -0.39 is 46.5 Å². The SMILES string of the molecule is CC(O)(CC(CNc1ccc([N+](=O)[O-])c(C(F)(F)F)c1)c1ccccc1)C(F)(F)F. The summed E-state index contributed by atoms with van der Waals surface area (Å²) in [7, 11) is 0. The molecule has 30 heavy (non-hydrogen) atoms. The van der Waals surface area contributed by atoms with Gasteiger partial charge in [0, 0.05) is 24.2 Å². The van der Waals surface area contributed by atoms with Crippen molar-refractivity contribution in [3.63, 3.8) is 0 Å². The number of hydrogen-bond acceptors (Lipinski definition) is 4. The molecule has 11 heteroatoms. The molecule has 0 aromatic heterocycles. The van der Waals surface area contributed by atoms with E-state index in [0.717, 1.165) is 6.07 Å². The van der Waals surface area contributed by atoms with Crippen LogP contribution < -0.4 is 5.32 Å². The molecule has 0 bridgehead atoms. The van der Waals surface area contributed by atoms with Crippen LogP contribution in [0.15, 0.2) is 48.5 Å². The van der Waals surface area contributed by atoms with Gasteiger partial charge in [0.15, 0.2) is 5.60 Å². The summed E-state index contributed by atoms with van der Waals surface area (Å²) in [6, 6.07) is 10.1. The third-order valence-electron chi connectivity index (χ3n) is 4.58. The topological polar surface area (TPSA) is 75.4 Å². The predicted molar refractivity (Wildman–Crippen MR) is 97.1 cm³/mol. The number of nitro benzene ring substituents is 1. The first kappa shape index (κ1) is 23.5. The van der Waals surface area contributed by atoms with Crippen LogP contribution in [0.3, 0.4) is 0 Å². The lowest BCUT2D eigenvalue weighted by Crippen LogP contribution is -2.44. The van der Waals surface area contributed by atoms with Gasteiger partial charge in [-0.05, 0) is 31.0 Å². The zero-order chi connectivity index (χ0) is 22.7. The van der Waals surface area contributed by atoms with E-state index in [2.05, 4.69) is 5.32 Å². The highest BCUT2D eigenvalue weighted by molar-refractivity contribution is 5.55. The molecule has 2 aromatic rings. The van der Waals surface area contributed by atoms with E-state index in [1.807, 2.05) is 0 Å². The summed E-state index contributed by atoms with van der Waals surface area (Å²) in [4.78, 5) is 9.67. The fraction of sp³-hybridized carbons (Fsp3) is 0.368. The Bertz CT molecular complexity index is 882. The average molecular weight is 436 g/mol. The molecule has 2 N–H and O–H groups in total. The third kappa shape index (κ3) is 5.62. The van der Waals surface area contributed by atoms with Crippen molar-refractivity contribution >= 4 is 11.4 Å². The molecule has 0 spiro atoms. The minimum atomic E-state index is -4.99. The number of alkyl halides is 6. The number of anilines is 1. The summed E-state index contributed by atoms with van der Waals surface area (Å²) >= 11 is 0. The average Bonchev–Trinajstić information content (AvgIpc) is 2.63. The fourth-order valence-corrected chi connectivity index (χ4v) is 2.90. The molecule has 2 rings (SSSR count). The molecule has 2 unspecified atom stereocenters. The summed E-state index contributed by atoms with van der Waals surface area (Å²) < 4.78 is 78.7. The molecule has 0 heterocycles. The molecule has 0 saturated heterocycles. The fourth-order valence-electron chi connectivity index (χ4n) is 2.90. The molecule has 0 aliphatic rings. The zero-order valence-corrected chi connectivity index (χ0v) is 15.6. The van der Waals surface area contributed by atoms with E-state index in [1.165, 1.54) is 12.1 Å². The summed E-state index contributed by atoms with van der Waals surface area (Å²) in [6.07, 6.45) is -10.6. The second kappa shape index (κ2) is 8.50. The van der Waals surface area contributed by atoms with E-state index in [-0.39, 0.29) is 12.2 Å². The molecule has 0 aliphatic carbocycles. The Labute approximate surface area is 167 Å². The number of aliphatic hydroxyl groups is 1. The van der Waals surface area contributed by atoms with E-state index in [4.69, 9.17) is 0 Å². The van der Waals surface area contributed by atoms with Crippen LogP contribution in [0.2, 0.25) is 0 Å². The van der Waals surface area contributed by atoms with Gasteiger partial charge in [0.25, 0.3) is 5.69 Å². The summed E-state index contributed by atoms with van der Waals surface area (Å²) in [5.41, 5.74) is -5.35. The van der Waals surface area contributed by atoms with Crippen molar-refractivity contribution in [2.24, 2.45) is 0 Å². The van der Waals surface area contributed by atoms with Crippen molar-refractivity contribution in [3.05, 3.63) is 69.8 Å². The number of nitro groups is 1. The van der Waals surface area contributed by atoms with Gasteiger partial charge in [-0.3, -0.25) is 10.1 Å². The molecule has 0 aliphatic heterocycles. The molecular formula is C19H18F6N2O3. The minimum Gasteiger partial charge on any atom is -0.384 e. The van der Waals surface area contributed by atoms with Gasteiger partial charge in [-0.1, -0.05) is 30.3 Å². The van der Waals surface area contributed by atoms with Gasteiger partial charge in [-0.25, -0.2) is 0 Å². The number of nitrogens with one attached hydrogen (secondary N) is 1. The molecule has 0 amide bonds. The summed E-state index contributed by atoms with van der Waals surface area (Å²) in [6.45, 7) is 0.377. The van der Waals surface area contributed by atoms with Gasteiger partial charge >= 0.3 is 12.4 Å². The maximum Gasteiger partial charge on any atom is 0.423 e. The first-order valence-electron chi connectivity index (χ1n) is 8.66. The number of rotatable bonds is 7. The van der Waals surface area contributed by atoms with Crippen LogP contribution >= 0.6 is 0 Å². The molecule has 0 saturated carbocycles. The molecule has 2 aromatic carbocycles. The van der Waals surface area contributed by atoms with Crippen molar-refractivity contribution in [2.45, 2.75) is 37.2 Å². The van der Waals surface area contributed by atoms with Gasteiger partial charge in [0.2, 0.25) is 0 Å². The maximum absolute atomic E-state index is 13.1. The van der Waals surface area contributed by atoms with Gasteiger partial charge in [0.1, 0.15) is 5.56 Å². The van der Waals surface area contributed by atoms with Crippen molar-refractivity contribution in [3.8, 4) is 0 Å². The lowest BCUT2D eigenvalue weighted by molar-refractivity contribution is -0.388. The Morgan fingerprint density at radius 1 is 1.07 bits per heavy atom. The summed E-state index contributed by atoms with van der Waals surface area (Å²) in [5.74, 6) is -0.910. The first-order chi connectivity index (χ1) is 13.7. The van der Waals surface area contributed by atoms with Crippen molar-refractivity contribution in [1.82, 2.24) is 0 Å². The normalized spacial score (nSPS) is 15.3. The van der Waals surface area contributed by atoms with E-state index in [1.54, 1.807) is 18.2 Å². The molecule has 0 radical (unpaired) electrons. The molecular weight excluding hydrogens is 418 g/mol. The van der Waals surface area contributed by atoms with Crippen LogP contribution in [-0.4, -0.2) is 28.4 Å². The highest BCUT2D eigenvalue weighted by Gasteiger charge is 2.50. The number of hydrogen-bond donors (Lipinski definition) is 2. The largest absolute Gasteiger partial charge is 0.423 e. The Morgan fingerprint density at radius 2 is 1.67 bits per heavy atom. The molecule has 2 atom stereocenters. The van der Waals surface area contributed by atoms with Gasteiger partial charge < -0.3 is 10.4 Å². The van der Waals surface area contributed by atoms with Crippen molar-refractivity contribution < 1.29 is 36.4 Å². The predicted octanol–water partition coefficient (Wildman–Crippen LogP) is 5.51. The first-order valence-corrected chi connectivity index (χ1v) is 8.66. The van der Waals surface area contributed by atoms with Crippen LogP contribution in [0, 0.1) is 10.1 Å². The van der Waals surface area contributed by atoms with Gasteiger partial charge in [-0.15, -0.1) is 0 Å². The highest BCUT2D eigenvalue weighted by atomic mass is 19.4. The molecule has 5 nitrogen and oxygen atoms in total. The lowest BCUT2D eigenvalue weighted by atomic mass is 9.86. The zero-order valence-electron chi connectivity index (χ0n) is 15.6. The summed E-state index contributed by atoms with van der Waals surface area (Å²) in [5, 5.41) is 23.3. The van der Waals surface area contributed by atoms with Crippen LogP contribution in [-0.2, 0) is 6.18 Å². The van der Waals surface area contributed by atoms with Crippen molar-refractivity contribution in [1.29, 1.82) is 0 Å². The van der Waals surface area contributed by atoms with Crippen LogP contribution in [0.25, 0.3) is 0 Å². The van der Waals surface area contributed by atoms with Crippen LogP contribution in [0.4, 0.5) is 37.7 Å². The smallest absolute Gasteiger partial charge is 0.384 e. The molecule has 0 fully saturated rings. The standard InChI is InChI=1S/C19H18F6N2O3/c1-17(28,19(23,24)25)10-13(12-5-3-2-4-6-12)11-26-14-7-8-16(27(29)30)15(9-14)18(20,21)22/h2-9,13,26,28H,10-11H2,1H3. The van der Waals surface area contributed by atoms with Gasteiger partial charge in [0.05, 0.1) is 4.92 Å². The Hall–Kier alpha value is -2.82. The van der Waals surface area contributed by atoms with Crippen LogP contribution in [0.5, 0.6) is 0 Å².